The van der Waals surface area contributed by atoms with Crippen LogP contribution in [0.4, 0.5) is 0 Å². The first kappa shape index (κ1) is 35.7. The fourth-order valence-electron chi connectivity index (χ4n) is 5.58. The predicted octanol–water partition coefficient (Wildman–Crippen LogP) is 5.11. The van der Waals surface area contributed by atoms with Crippen LogP contribution in [0.25, 0.3) is 0 Å². The van der Waals surface area contributed by atoms with E-state index < -0.39 is 0 Å². The number of halogens is 1. The van der Waals surface area contributed by atoms with E-state index in [1.54, 1.807) is 0 Å². The first-order valence-electron chi connectivity index (χ1n) is 13.7. The molecule has 0 atom stereocenters. The number of aliphatic hydroxyl groups is 1. The Morgan fingerprint density at radius 2 is 1.03 bits per heavy atom. The number of hydrogen-bond acceptors (Lipinski definition) is 2. The smallest absolute Gasteiger partial charge is 1.00 e. The summed E-state index contributed by atoms with van der Waals surface area (Å²) in [5.41, 5.74) is 11.9. The molecule has 3 aromatic rings. The molecule has 0 fully saturated rings. The van der Waals surface area contributed by atoms with Crippen LogP contribution in [0, 0.1) is 0 Å². The number of fused-ring (bicyclic) bond motifs is 3. The summed E-state index contributed by atoms with van der Waals surface area (Å²) in [6.45, 7) is 0.174. The molecule has 3 aliphatic rings. The molecule has 0 bridgehead atoms. The van der Waals surface area contributed by atoms with E-state index >= 15 is 0 Å². The van der Waals surface area contributed by atoms with Crippen molar-refractivity contribution in [1.29, 1.82) is 0 Å². The second kappa shape index (κ2) is 18.9. The van der Waals surface area contributed by atoms with Gasteiger partial charge in [0.25, 0.3) is 0 Å². The van der Waals surface area contributed by atoms with Crippen LogP contribution < -0.4 is 29.6 Å². The fraction of sp³-hybridized carbons (Fsp3) is 0.441. The molecule has 0 unspecified atom stereocenters. The van der Waals surface area contributed by atoms with Crippen molar-refractivity contribution in [2.24, 2.45) is 0 Å². The molecule has 3 radical (unpaired) electrons. The maximum absolute atomic E-state index is 10.5. The van der Waals surface area contributed by atoms with Gasteiger partial charge in [-0.3, -0.25) is 4.79 Å². The van der Waals surface area contributed by atoms with E-state index in [1.807, 2.05) is 18.2 Å². The molecule has 0 spiro atoms. The quantitative estimate of drug-likeness (QED) is 0.278. The molecule has 6 rings (SSSR count). The zero-order valence-corrected chi connectivity index (χ0v) is 25.7. The maximum Gasteiger partial charge on any atom is 1.00 e. The summed E-state index contributed by atoms with van der Waals surface area (Å²) < 4.78 is 0. The Kier molecular flexibility index (Phi) is 17.3. The van der Waals surface area contributed by atoms with Crippen molar-refractivity contribution >= 4 is 26.3 Å². The summed E-state index contributed by atoms with van der Waals surface area (Å²) in [7, 11) is 0. The van der Waals surface area contributed by atoms with E-state index in [2.05, 4.69) is 36.4 Å². The molecule has 3 aliphatic carbocycles. The van der Waals surface area contributed by atoms with Crippen LogP contribution in [0.2, 0.25) is 0 Å². The summed E-state index contributed by atoms with van der Waals surface area (Å²) in [6, 6.07) is 19.0. The molecule has 39 heavy (non-hydrogen) atoms. The van der Waals surface area contributed by atoms with Crippen molar-refractivity contribution in [1.82, 2.24) is 0 Å². The molecule has 1 N–H and O–H groups in total. The van der Waals surface area contributed by atoms with E-state index in [4.69, 9.17) is 16.7 Å². The number of aliphatic hydroxyl groups excluding tert-OH is 1. The van der Waals surface area contributed by atoms with Crippen molar-refractivity contribution in [3.63, 3.8) is 0 Å². The zero-order valence-electron chi connectivity index (χ0n) is 24.0. The van der Waals surface area contributed by atoms with Gasteiger partial charge in [-0.05, 0) is 128 Å². The van der Waals surface area contributed by atoms with Gasteiger partial charge >= 0.3 is 29.6 Å². The Balaban J connectivity index is 0.000000543. The molecule has 0 aromatic heterocycles. The van der Waals surface area contributed by atoms with E-state index in [1.165, 1.54) is 110 Å². The van der Waals surface area contributed by atoms with Gasteiger partial charge in [0.15, 0.2) is 0 Å². The molecular formula is C34H44BClNaO2. The van der Waals surface area contributed by atoms with Crippen molar-refractivity contribution < 1.29 is 40.9 Å². The van der Waals surface area contributed by atoms with Gasteiger partial charge in [0, 0.05) is 19.9 Å². The number of hydrogen-bond donors (Lipinski definition) is 1. The largest absolute Gasteiger partial charge is 1.00 e. The molecule has 0 amide bonds. The van der Waals surface area contributed by atoms with Crippen LogP contribution in [0.1, 0.15) is 102 Å². The van der Waals surface area contributed by atoms with Crippen LogP contribution in [-0.2, 0) is 51.0 Å². The molecule has 203 valence electrons. The van der Waals surface area contributed by atoms with Gasteiger partial charge in [-0.15, -0.1) is 11.6 Å². The number of aldehydes is 1. The summed E-state index contributed by atoms with van der Waals surface area (Å²) in [6.07, 6.45) is 16.1. The first-order valence-corrected chi connectivity index (χ1v) is 14.2. The van der Waals surface area contributed by atoms with Gasteiger partial charge in [-0.25, -0.2) is 0 Å². The Hall–Kier alpha value is -1.36. The van der Waals surface area contributed by atoms with E-state index in [0.717, 1.165) is 23.8 Å². The van der Waals surface area contributed by atoms with E-state index in [9.17, 15) is 4.79 Å². The molecule has 0 aliphatic heterocycles. The number of carbonyl (C=O) groups is 1. The van der Waals surface area contributed by atoms with Crippen LogP contribution in [0.15, 0.2) is 54.6 Å². The van der Waals surface area contributed by atoms with Gasteiger partial charge < -0.3 is 6.53 Å². The fourth-order valence-corrected chi connectivity index (χ4v) is 5.75. The van der Waals surface area contributed by atoms with E-state index in [0.29, 0.717) is 5.88 Å². The van der Waals surface area contributed by atoms with Gasteiger partial charge in [0.05, 0.1) is 6.61 Å². The van der Waals surface area contributed by atoms with Gasteiger partial charge in [0.2, 0.25) is 0 Å². The third-order valence-corrected chi connectivity index (χ3v) is 7.98. The predicted molar refractivity (Wildman–Crippen MR) is 164 cm³/mol. The Bertz CT molecular complexity index is 1110. The number of alkyl halides is 1. The van der Waals surface area contributed by atoms with Crippen LogP contribution >= 0.6 is 11.6 Å². The third kappa shape index (κ3) is 10.5. The maximum atomic E-state index is 10.5. The van der Waals surface area contributed by atoms with Crippen molar-refractivity contribution in [3.05, 3.63) is 105 Å². The SMILES string of the molecule is C.ClCc1ccc2c(c1)CCCC2.O=Cc1ccc2c(c1)CCCC2.OCc1ccc2c(c1)CCCC2.[B].[H-].[Na+]. The molecule has 5 heteroatoms. The molecule has 3 aromatic carbocycles. The Morgan fingerprint density at radius 1 is 0.641 bits per heavy atom. The monoisotopic (exact) mass is 553 g/mol. The van der Waals surface area contributed by atoms with Crippen molar-refractivity contribution in [2.45, 2.75) is 97.0 Å². The Labute approximate surface area is 267 Å². The summed E-state index contributed by atoms with van der Waals surface area (Å²) in [5, 5.41) is 8.94. The summed E-state index contributed by atoms with van der Waals surface area (Å²) in [5.74, 6) is 0.646. The minimum atomic E-state index is 0. The number of aryl methyl sites for hydroxylation is 6. The third-order valence-electron chi connectivity index (χ3n) is 7.67. The van der Waals surface area contributed by atoms with Crippen LogP contribution in [0.3, 0.4) is 0 Å². The zero-order chi connectivity index (χ0) is 25.2. The van der Waals surface area contributed by atoms with Crippen LogP contribution in [-0.4, -0.2) is 19.8 Å². The van der Waals surface area contributed by atoms with Crippen LogP contribution in [0.5, 0.6) is 0 Å². The molecule has 0 saturated heterocycles. The standard InChI is InChI=1S/C11H13Cl.C11H14O.C11H12O.CH4.B.Na.H/c3*12-8-9-5-6-10-3-1-2-4-11(10)7-9;;;;/h5-7H,1-4,8H2;5-7,12H,1-4,8H2;5-8H,1-4H2;1H4;;;/q;;;;;+1;-1. The minimum Gasteiger partial charge on any atom is -1.00 e. The summed E-state index contributed by atoms with van der Waals surface area (Å²) >= 11 is 5.77. The average Bonchev–Trinajstić information content (AvgIpc) is 2.97. The average molecular weight is 554 g/mol. The molecule has 2 nitrogen and oxygen atoms in total. The van der Waals surface area contributed by atoms with E-state index in [-0.39, 0.29) is 53.4 Å². The second-order valence-electron chi connectivity index (χ2n) is 10.3. The normalized spacial score (nSPS) is 14.4. The topological polar surface area (TPSA) is 37.3 Å². The Morgan fingerprint density at radius 3 is 1.46 bits per heavy atom. The first-order chi connectivity index (χ1) is 17.7. The van der Waals surface area contributed by atoms with Gasteiger partial charge in [-0.1, -0.05) is 56.0 Å². The number of rotatable bonds is 3. The van der Waals surface area contributed by atoms with Crippen molar-refractivity contribution in [2.75, 3.05) is 0 Å². The number of carbonyl (C=O) groups excluding carboxylic acids is 1. The van der Waals surface area contributed by atoms with Gasteiger partial charge in [0.1, 0.15) is 6.29 Å². The second-order valence-corrected chi connectivity index (χ2v) is 10.5. The molecule has 0 saturated carbocycles. The molecule has 0 heterocycles. The summed E-state index contributed by atoms with van der Waals surface area (Å²) in [4.78, 5) is 10.5. The van der Waals surface area contributed by atoms with Crippen molar-refractivity contribution in [3.8, 4) is 0 Å². The molecular weight excluding hydrogens is 510 g/mol. The number of benzene rings is 3. The van der Waals surface area contributed by atoms with Gasteiger partial charge in [-0.2, -0.15) is 0 Å². The minimum absolute atomic E-state index is 0.